The van der Waals surface area contributed by atoms with Crippen molar-refractivity contribution in [3.05, 3.63) is 24.4 Å². The predicted octanol–water partition coefficient (Wildman–Crippen LogP) is 1.91. The number of piperidine rings is 1. The van der Waals surface area contributed by atoms with Crippen molar-refractivity contribution in [1.29, 1.82) is 0 Å². The number of β-amino-alcohol motifs (C(OH)–C–C–N with tert-alkyl or cyclic N) is 1. The van der Waals surface area contributed by atoms with Gasteiger partial charge in [-0.05, 0) is 25.8 Å². The summed E-state index contributed by atoms with van der Waals surface area (Å²) in [5, 5.41) is 28.8. The molecule has 1 aliphatic heterocycles. The zero-order chi connectivity index (χ0) is 22.6. The van der Waals surface area contributed by atoms with Gasteiger partial charge in [0, 0.05) is 39.2 Å². The van der Waals surface area contributed by atoms with Crippen molar-refractivity contribution < 1.29 is 24.9 Å². The number of H-pyrrole nitrogens is 1. The van der Waals surface area contributed by atoms with Gasteiger partial charge in [-0.25, -0.2) is 9.97 Å². The summed E-state index contributed by atoms with van der Waals surface area (Å²) in [6.07, 6.45) is 10.6. The summed E-state index contributed by atoms with van der Waals surface area (Å²) in [4.78, 5) is 30.2. The highest BCUT2D eigenvalue weighted by atomic mass is 16.4. The number of carbonyl (C=O) groups is 2. The molecule has 10 nitrogen and oxygen atoms in total. The van der Waals surface area contributed by atoms with E-state index in [2.05, 4.69) is 27.2 Å². The minimum Gasteiger partial charge on any atom is -0.481 e. The molecule has 0 radical (unpaired) electrons. The van der Waals surface area contributed by atoms with Gasteiger partial charge in [0.15, 0.2) is 5.82 Å². The van der Waals surface area contributed by atoms with Crippen LogP contribution in [0.4, 0.5) is 0 Å². The standard InChI is InChI=1S/C16H25N5O.2C2H4O2/c1-2-3-5-14-19-10-13(20-14)15-18-8-9-21(15)12-16(22)6-4-7-17-11-16;2*1-2(3)4/h8-10,17,22H,2-7,11-12H2,1H3,(H,19,20);2*1H3,(H,3,4). The van der Waals surface area contributed by atoms with Crippen molar-refractivity contribution in [1.82, 2.24) is 24.8 Å². The number of hydrogen-bond acceptors (Lipinski definition) is 6. The van der Waals surface area contributed by atoms with Gasteiger partial charge in [-0.2, -0.15) is 0 Å². The molecule has 1 fully saturated rings. The molecule has 30 heavy (non-hydrogen) atoms. The van der Waals surface area contributed by atoms with Crippen LogP contribution in [0.2, 0.25) is 0 Å². The highest BCUT2D eigenvalue weighted by Gasteiger charge is 2.30. The van der Waals surface area contributed by atoms with E-state index in [-0.39, 0.29) is 0 Å². The summed E-state index contributed by atoms with van der Waals surface area (Å²) in [6, 6.07) is 0. The van der Waals surface area contributed by atoms with Crippen LogP contribution < -0.4 is 5.32 Å². The van der Waals surface area contributed by atoms with Crippen LogP contribution in [0.5, 0.6) is 0 Å². The number of aliphatic hydroxyl groups is 1. The summed E-state index contributed by atoms with van der Waals surface area (Å²) in [5.74, 6) is 0.179. The molecular formula is C20H33N5O5. The SMILES string of the molecule is CC(=O)O.CC(=O)O.CCCCc1ncc(-c2nccn2CC2(O)CCCNC2)[nH]1. The Kier molecular flexibility index (Phi) is 10.8. The van der Waals surface area contributed by atoms with E-state index in [0.29, 0.717) is 13.1 Å². The Labute approximate surface area is 176 Å². The normalized spacial score (nSPS) is 17.9. The molecule has 1 saturated heterocycles. The van der Waals surface area contributed by atoms with Crippen LogP contribution in [0.3, 0.4) is 0 Å². The van der Waals surface area contributed by atoms with Crippen molar-refractivity contribution in [2.75, 3.05) is 13.1 Å². The van der Waals surface area contributed by atoms with Crippen LogP contribution in [0.25, 0.3) is 11.5 Å². The first-order valence-corrected chi connectivity index (χ1v) is 10.0. The molecule has 0 aromatic carbocycles. The molecule has 3 heterocycles. The number of unbranched alkanes of at least 4 members (excludes halogenated alkanes) is 1. The number of rotatable bonds is 6. The Morgan fingerprint density at radius 2 is 1.90 bits per heavy atom. The monoisotopic (exact) mass is 423 g/mol. The van der Waals surface area contributed by atoms with Crippen molar-refractivity contribution >= 4 is 11.9 Å². The highest BCUT2D eigenvalue weighted by Crippen LogP contribution is 2.22. The van der Waals surface area contributed by atoms with Crippen molar-refractivity contribution in [2.24, 2.45) is 0 Å². The van der Waals surface area contributed by atoms with Gasteiger partial charge in [0.1, 0.15) is 11.5 Å². The van der Waals surface area contributed by atoms with E-state index in [9.17, 15) is 5.11 Å². The molecule has 0 saturated carbocycles. The third kappa shape index (κ3) is 9.66. The van der Waals surface area contributed by atoms with E-state index in [1.54, 1.807) is 6.20 Å². The third-order valence-electron chi connectivity index (χ3n) is 4.27. The lowest BCUT2D eigenvalue weighted by molar-refractivity contribution is -0.135. The molecule has 3 rings (SSSR count). The van der Waals surface area contributed by atoms with Gasteiger partial charge in [-0.15, -0.1) is 0 Å². The molecule has 1 aliphatic rings. The summed E-state index contributed by atoms with van der Waals surface area (Å²) in [6.45, 7) is 6.52. The Bertz CT molecular complexity index is 760. The molecule has 168 valence electrons. The predicted molar refractivity (Wildman–Crippen MR) is 112 cm³/mol. The number of imidazole rings is 2. The lowest BCUT2D eigenvalue weighted by Gasteiger charge is -2.33. The number of aromatic amines is 1. The molecule has 0 amide bonds. The van der Waals surface area contributed by atoms with Crippen LogP contribution >= 0.6 is 0 Å². The van der Waals surface area contributed by atoms with E-state index in [1.165, 1.54) is 0 Å². The van der Waals surface area contributed by atoms with Crippen LogP contribution in [0.1, 0.15) is 52.3 Å². The second kappa shape index (κ2) is 12.8. The smallest absolute Gasteiger partial charge is 0.300 e. The molecule has 2 aromatic rings. The molecule has 5 N–H and O–H groups in total. The molecule has 10 heteroatoms. The lowest BCUT2D eigenvalue weighted by atomic mass is 9.94. The average Bonchev–Trinajstić information content (AvgIpc) is 3.28. The maximum absolute atomic E-state index is 10.7. The molecule has 1 unspecified atom stereocenters. The Balaban J connectivity index is 0.000000485. The Morgan fingerprint density at radius 1 is 1.23 bits per heavy atom. The van der Waals surface area contributed by atoms with Crippen LogP contribution in [0, 0.1) is 0 Å². The fourth-order valence-corrected chi connectivity index (χ4v) is 3.03. The maximum atomic E-state index is 10.7. The fraction of sp³-hybridized carbons (Fsp3) is 0.600. The lowest BCUT2D eigenvalue weighted by Crippen LogP contribution is -2.48. The number of nitrogens with one attached hydrogen (secondary N) is 2. The van der Waals surface area contributed by atoms with E-state index >= 15 is 0 Å². The van der Waals surface area contributed by atoms with Crippen LogP contribution in [0.15, 0.2) is 18.6 Å². The van der Waals surface area contributed by atoms with Crippen molar-refractivity contribution in [2.45, 2.75) is 65.0 Å². The van der Waals surface area contributed by atoms with Gasteiger partial charge in [0.2, 0.25) is 0 Å². The van der Waals surface area contributed by atoms with Gasteiger partial charge in [-0.1, -0.05) is 13.3 Å². The van der Waals surface area contributed by atoms with Crippen molar-refractivity contribution in [3.8, 4) is 11.5 Å². The minimum absolute atomic E-state index is 0.554. The first kappa shape index (κ1) is 25.3. The van der Waals surface area contributed by atoms with Gasteiger partial charge in [0.05, 0.1) is 18.3 Å². The van der Waals surface area contributed by atoms with Gasteiger partial charge < -0.3 is 30.2 Å². The Morgan fingerprint density at radius 3 is 2.47 bits per heavy atom. The largest absolute Gasteiger partial charge is 0.481 e. The van der Waals surface area contributed by atoms with Crippen molar-refractivity contribution in [3.63, 3.8) is 0 Å². The van der Waals surface area contributed by atoms with Crippen LogP contribution in [-0.2, 0) is 22.6 Å². The molecule has 0 spiro atoms. The van der Waals surface area contributed by atoms with E-state index < -0.39 is 17.5 Å². The van der Waals surface area contributed by atoms with Gasteiger partial charge in [0.25, 0.3) is 11.9 Å². The molecular weight excluding hydrogens is 390 g/mol. The minimum atomic E-state index is -0.833. The zero-order valence-electron chi connectivity index (χ0n) is 17.9. The molecule has 0 bridgehead atoms. The number of aliphatic carboxylic acids is 2. The summed E-state index contributed by atoms with van der Waals surface area (Å²) >= 11 is 0. The number of nitrogens with zero attached hydrogens (tertiary/aromatic N) is 3. The van der Waals surface area contributed by atoms with Gasteiger partial charge in [-0.3, -0.25) is 9.59 Å². The summed E-state index contributed by atoms with van der Waals surface area (Å²) in [5.41, 5.74) is 0.224. The highest BCUT2D eigenvalue weighted by molar-refractivity contribution is 5.63. The second-order valence-corrected chi connectivity index (χ2v) is 7.27. The van der Waals surface area contributed by atoms with E-state index in [4.69, 9.17) is 19.8 Å². The number of aromatic nitrogens is 4. The van der Waals surface area contributed by atoms with Crippen LogP contribution in [-0.4, -0.2) is 65.5 Å². The zero-order valence-corrected chi connectivity index (χ0v) is 17.9. The number of aryl methyl sites for hydroxylation is 1. The quantitative estimate of drug-likeness (QED) is 0.472. The second-order valence-electron chi connectivity index (χ2n) is 7.27. The fourth-order valence-electron chi connectivity index (χ4n) is 3.03. The number of carboxylic acid groups (broad SMARTS) is 2. The molecule has 0 aliphatic carbocycles. The summed E-state index contributed by atoms with van der Waals surface area (Å²) in [7, 11) is 0. The van der Waals surface area contributed by atoms with Gasteiger partial charge >= 0.3 is 0 Å². The summed E-state index contributed by atoms with van der Waals surface area (Å²) < 4.78 is 2.02. The number of hydrogen-bond donors (Lipinski definition) is 5. The third-order valence-corrected chi connectivity index (χ3v) is 4.27. The first-order chi connectivity index (χ1) is 14.2. The topological polar surface area (TPSA) is 153 Å². The first-order valence-electron chi connectivity index (χ1n) is 10.0. The number of carboxylic acids is 2. The molecule has 1 atom stereocenters. The average molecular weight is 424 g/mol. The van der Waals surface area contributed by atoms with E-state index in [1.807, 2.05) is 17.0 Å². The Hall–Kier alpha value is -2.72. The molecule has 2 aromatic heterocycles. The van der Waals surface area contributed by atoms with E-state index in [0.717, 1.165) is 69.8 Å². The maximum Gasteiger partial charge on any atom is 0.300 e.